The van der Waals surface area contributed by atoms with E-state index in [9.17, 15) is 9.18 Å². The molecule has 3 aromatic rings. The fourth-order valence-corrected chi connectivity index (χ4v) is 3.32. The van der Waals surface area contributed by atoms with E-state index in [1.54, 1.807) is 23.2 Å². The Hall–Kier alpha value is -3.15. The van der Waals surface area contributed by atoms with Crippen LogP contribution in [0.4, 0.5) is 9.18 Å². The molecule has 0 radical (unpaired) electrons. The molecule has 2 aromatic carbocycles. The first kappa shape index (κ1) is 19.6. The second kappa shape index (κ2) is 8.69. The molecule has 28 heavy (non-hydrogen) atoms. The average molecular weight is 380 g/mol. The number of rotatable bonds is 6. The Labute approximate surface area is 164 Å². The Morgan fingerprint density at radius 3 is 2.39 bits per heavy atom. The zero-order valence-electron chi connectivity index (χ0n) is 16.3. The molecular weight excluding hydrogens is 355 g/mol. The van der Waals surface area contributed by atoms with Crippen LogP contribution in [0, 0.1) is 5.82 Å². The van der Waals surface area contributed by atoms with Gasteiger partial charge in [0.25, 0.3) is 0 Å². The van der Waals surface area contributed by atoms with Crippen molar-refractivity contribution in [1.29, 1.82) is 0 Å². The largest absolute Gasteiger partial charge is 0.336 e. The van der Waals surface area contributed by atoms with Crippen LogP contribution in [0.25, 0.3) is 0 Å². The standard InChI is InChI=1S/C22H25FN4O/c1-4-27(16(2)17-10-12-19(23)13-11-17)22(28)25-20(18-8-6-5-7-9-18)21-24-14-15-26(21)3/h5-16,20H,4H2,1-3H3,(H,25,28). The third-order valence-electron chi connectivity index (χ3n) is 4.94. The zero-order valence-corrected chi connectivity index (χ0v) is 16.3. The van der Waals surface area contributed by atoms with Crippen LogP contribution in [0.3, 0.4) is 0 Å². The maximum atomic E-state index is 13.2. The number of urea groups is 1. The van der Waals surface area contributed by atoms with Crippen molar-refractivity contribution in [2.75, 3.05) is 6.54 Å². The van der Waals surface area contributed by atoms with Crippen molar-refractivity contribution < 1.29 is 9.18 Å². The average Bonchev–Trinajstić information content (AvgIpc) is 3.13. The Morgan fingerprint density at radius 2 is 1.82 bits per heavy atom. The number of halogens is 1. The predicted molar refractivity (Wildman–Crippen MR) is 107 cm³/mol. The molecule has 2 amide bonds. The third-order valence-corrected chi connectivity index (χ3v) is 4.94. The lowest BCUT2D eigenvalue weighted by Gasteiger charge is -2.31. The highest BCUT2D eigenvalue weighted by Crippen LogP contribution is 2.24. The summed E-state index contributed by atoms with van der Waals surface area (Å²) in [4.78, 5) is 19.3. The predicted octanol–water partition coefficient (Wildman–Crippen LogP) is 4.44. The number of hydrogen-bond acceptors (Lipinski definition) is 2. The smallest absolute Gasteiger partial charge is 0.318 e. The van der Waals surface area contributed by atoms with Crippen molar-refractivity contribution in [1.82, 2.24) is 19.8 Å². The Bertz CT molecular complexity index is 908. The topological polar surface area (TPSA) is 50.2 Å². The van der Waals surface area contributed by atoms with E-state index in [0.717, 1.165) is 17.0 Å². The van der Waals surface area contributed by atoms with E-state index in [1.807, 2.05) is 62.0 Å². The van der Waals surface area contributed by atoms with E-state index in [4.69, 9.17) is 0 Å². The molecule has 0 saturated carbocycles. The van der Waals surface area contributed by atoms with Gasteiger partial charge in [-0.15, -0.1) is 0 Å². The molecule has 1 heterocycles. The van der Waals surface area contributed by atoms with Crippen LogP contribution >= 0.6 is 0 Å². The van der Waals surface area contributed by atoms with E-state index in [-0.39, 0.29) is 23.9 Å². The van der Waals surface area contributed by atoms with Gasteiger partial charge in [-0.05, 0) is 37.1 Å². The number of aryl methyl sites for hydroxylation is 1. The maximum Gasteiger partial charge on any atom is 0.318 e. The normalized spacial score (nSPS) is 13.0. The van der Waals surface area contributed by atoms with Gasteiger partial charge in [0, 0.05) is 26.0 Å². The van der Waals surface area contributed by atoms with Crippen LogP contribution in [0.5, 0.6) is 0 Å². The van der Waals surface area contributed by atoms with Gasteiger partial charge in [-0.3, -0.25) is 0 Å². The number of benzene rings is 2. The molecule has 0 bridgehead atoms. The molecular formula is C22H25FN4O. The fourth-order valence-electron chi connectivity index (χ4n) is 3.32. The minimum Gasteiger partial charge on any atom is -0.336 e. The van der Waals surface area contributed by atoms with Crippen molar-refractivity contribution in [2.24, 2.45) is 7.05 Å². The van der Waals surface area contributed by atoms with Crippen molar-refractivity contribution in [3.63, 3.8) is 0 Å². The lowest BCUT2D eigenvalue weighted by molar-refractivity contribution is 0.180. The summed E-state index contributed by atoms with van der Waals surface area (Å²) >= 11 is 0. The molecule has 0 aliphatic rings. The van der Waals surface area contributed by atoms with E-state index in [0.29, 0.717) is 6.54 Å². The summed E-state index contributed by atoms with van der Waals surface area (Å²) in [6, 6.07) is 15.3. The van der Waals surface area contributed by atoms with Gasteiger partial charge >= 0.3 is 6.03 Å². The maximum absolute atomic E-state index is 13.2. The van der Waals surface area contributed by atoms with Gasteiger partial charge in [0.15, 0.2) is 0 Å². The molecule has 6 heteroatoms. The summed E-state index contributed by atoms with van der Waals surface area (Å²) in [5, 5.41) is 3.12. The number of carbonyl (C=O) groups excluding carboxylic acids is 1. The molecule has 0 spiro atoms. The van der Waals surface area contributed by atoms with Crippen LogP contribution in [0.1, 0.15) is 42.9 Å². The number of imidazole rings is 1. The molecule has 2 atom stereocenters. The summed E-state index contributed by atoms with van der Waals surface area (Å²) in [6.45, 7) is 4.39. The lowest BCUT2D eigenvalue weighted by atomic mass is 10.1. The summed E-state index contributed by atoms with van der Waals surface area (Å²) in [7, 11) is 1.91. The van der Waals surface area contributed by atoms with Gasteiger partial charge in [-0.25, -0.2) is 14.2 Å². The van der Waals surface area contributed by atoms with Crippen LogP contribution in [-0.4, -0.2) is 27.0 Å². The van der Waals surface area contributed by atoms with Gasteiger partial charge in [0.2, 0.25) is 0 Å². The monoisotopic (exact) mass is 380 g/mol. The summed E-state index contributed by atoms with van der Waals surface area (Å²) in [5.74, 6) is 0.465. The lowest BCUT2D eigenvalue weighted by Crippen LogP contribution is -2.43. The van der Waals surface area contributed by atoms with E-state index >= 15 is 0 Å². The van der Waals surface area contributed by atoms with Gasteiger partial charge in [-0.1, -0.05) is 42.5 Å². The molecule has 1 aromatic heterocycles. The summed E-state index contributed by atoms with van der Waals surface area (Å²) in [6.07, 6.45) is 3.58. The second-order valence-corrected chi connectivity index (χ2v) is 6.70. The van der Waals surface area contributed by atoms with Crippen molar-refractivity contribution in [3.05, 3.63) is 89.8 Å². The summed E-state index contributed by atoms with van der Waals surface area (Å²) < 4.78 is 15.1. The van der Waals surface area contributed by atoms with Gasteiger partial charge in [0.05, 0.1) is 6.04 Å². The molecule has 1 N–H and O–H groups in total. The Balaban J connectivity index is 1.86. The van der Waals surface area contributed by atoms with Gasteiger partial charge < -0.3 is 14.8 Å². The first-order chi connectivity index (χ1) is 13.5. The Kier molecular flexibility index (Phi) is 6.09. The first-order valence-electron chi connectivity index (χ1n) is 9.36. The zero-order chi connectivity index (χ0) is 20.1. The number of amides is 2. The van der Waals surface area contributed by atoms with Crippen molar-refractivity contribution >= 4 is 6.03 Å². The van der Waals surface area contributed by atoms with E-state index in [1.165, 1.54) is 12.1 Å². The molecule has 0 fully saturated rings. The molecule has 5 nitrogen and oxygen atoms in total. The minimum atomic E-state index is -0.372. The van der Waals surface area contributed by atoms with Crippen LogP contribution < -0.4 is 5.32 Å². The molecule has 2 unspecified atom stereocenters. The van der Waals surface area contributed by atoms with Crippen LogP contribution in [-0.2, 0) is 7.05 Å². The summed E-state index contributed by atoms with van der Waals surface area (Å²) in [5.41, 5.74) is 1.84. The molecule has 0 aliphatic carbocycles. The molecule has 0 aliphatic heterocycles. The van der Waals surface area contributed by atoms with Crippen molar-refractivity contribution in [3.8, 4) is 0 Å². The second-order valence-electron chi connectivity index (χ2n) is 6.70. The number of nitrogens with one attached hydrogen (secondary N) is 1. The Morgan fingerprint density at radius 1 is 1.14 bits per heavy atom. The van der Waals surface area contributed by atoms with Crippen molar-refractivity contribution in [2.45, 2.75) is 25.9 Å². The fraction of sp³-hybridized carbons (Fsp3) is 0.273. The highest BCUT2D eigenvalue weighted by Gasteiger charge is 2.26. The minimum absolute atomic E-state index is 0.191. The SMILES string of the molecule is CCN(C(=O)NC(c1ccccc1)c1nccn1C)C(C)c1ccc(F)cc1. The third kappa shape index (κ3) is 4.22. The highest BCUT2D eigenvalue weighted by atomic mass is 19.1. The van der Waals surface area contributed by atoms with E-state index in [2.05, 4.69) is 10.3 Å². The number of carbonyl (C=O) groups is 1. The number of hydrogen-bond donors (Lipinski definition) is 1. The first-order valence-corrected chi connectivity index (χ1v) is 9.36. The van der Waals surface area contributed by atoms with Crippen LogP contribution in [0.15, 0.2) is 67.0 Å². The number of nitrogens with zero attached hydrogens (tertiary/aromatic N) is 3. The molecule has 3 rings (SSSR count). The van der Waals surface area contributed by atoms with E-state index < -0.39 is 0 Å². The van der Waals surface area contributed by atoms with Gasteiger partial charge in [-0.2, -0.15) is 0 Å². The molecule has 0 saturated heterocycles. The van der Waals surface area contributed by atoms with Gasteiger partial charge in [0.1, 0.15) is 17.7 Å². The highest BCUT2D eigenvalue weighted by molar-refractivity contribution is 5.75. The molecule has 146 valence electrons. The number of aromatic nitrogens is 2. The van der Waals surface area contributed by atoms with Crippen LogP contribution in [0.2, 0.25) is 0 Å². The quantitative estimate of drug-likeness (QED) is 0.687.